The normalized spacial score (nSPS) is 11.7. The van der Waals surface area contributed by atoms with Gasteiger partial charge in [-0.25, -0.2) is 0 Å². The van der Waals surface area contributed by atoms with Crippen molar-refractivity contribution in [1.29, 1.82) is 0 Å². The van der Waals surface area contributed by atoms with Crippen molar-refractivity contribution in [3.05, 3.63) is 59.7 Å². The number of carbonyl (C=O) groups is 2. The zero-order chi connectivity index (χ0) is 22.8. The smallest absolute Gasteiger partial charge is 0.242 e. The lowest BCUT2D eigenvalue weighted by molar-refractivity contribution is -0.141. The number of nitrogens with one attached hydrogen (secondary N) is 1. The molecule has 0 unspecified atom stereocenters. The average molecular weight is 427 g/mol. The van der Waals surface area contributed by atoms with Crippen LogP contribution in [0.2, 0.25) is 0 Å². The van der Waals surface area contributed by atoms with Gasteiger partial charge in [-0.2, -0.15) is 0 Å². The van der Waals surface area contributed by atoms with E-state index in [1.54, 1.807) is 18.9 Å². The van der Waals surface area contributed by atoms with E-state index in [9.17, 15) is 9.59 Å². The molecule has 31 heavy (non-hydrogen) atoms. The molecule has 0 aliphatic heterocycles. The largest absolute Gasteiger partial charge is 0.497 e. The van der Waals surface area contributed by atoms with Crippen molar-refractivity contribution in [3.63, 3.8) is 0 Å². The number of methoxy groups -OCH3 is 1. The summed E-state index contributed by atoms with van der Waals surface area (Å²) in [4.78, 5) is 27.2. The Morgan fingerprint density at radius 3 is 2.16 bits per heavy atom. The lowest BCUT2D eigenvalue weighted by Crippen LogP contribution is -2.49. The van der Waals surface area contributed by atoms with E-state index < -0.39 is 6.04 Å². The van der Waals surface area contributed by atoms with Crippen molar-refractivity contribution >= 4 is 11.8 Å². The quantitative estimate of drug-likeness (QED) is 0.549. The molecule has 168 valence electrons. The number of amides is 2. The molecule has 6 heteroatoms. The molecule has 1 N–H and O–H groups in total. The molecule has 2 amide bonds. The number of hydrogen-bond donors (Lipinski definition) is 1. The highest BCUT2D eigenvalue weighted by molar-refractivity contribution is 5.87. The average Bonchev–Trinajstić information content (AvgIpc) is 2.75. The molecule has 0 heterocycles. The van der Waals surface area contributed by atoms with E-state index in [0.717, 1.165) is 22.6 Å². The minimum atomic E-state index is -0.557. The van der Waals surface area contributed by atoms with Crippen molar-refractivity contribution in [2.45, 2.75) is 59.2 Å². The molecule has 0 radical (unpaired) electrons. The maximum absolute atomic E-state index is 13.0. The highest BCUT2D eigenvalue weighted by atomic mass is 16.5. The van der Waals surface area contributed by atoms with Crippen molar-refractivity contribution in [2.24, 2.45) is 0 Å². The van der Waals surface area contributed by atoms with Gasteiger partial charge in [-0.1, -0.05) is 29.8 Å². The fraction of sp³-hybridized carbons (Fsp3) is 0.440. The van der Waals surface area contributed by atoms with Gasteiger partial charge in [0.15, 0.2) is 0 Å². The second-order valence-corrected chi connectivity index (χ2v) is 7.97. The molecule has 0 spiro atoms. The van der Waals surface area contributed by atoms with Crippen molar-refractivity contribution in [1.82, 2.24) is 10.2 Å². The molecule has 0 saturated heterocycles. The van der Waals surface area contributed by atoms with E-state index in [1.807, 2.05) is 69.3 Å². The van der Waals surface area contributed by atoms with Crippen LogP contribution in [0.25, 0.3) is 0 Å². The Hall–Kier alpha value is -3.02. The van der Waals surface area contributed by atoms with E-state index in [0.29, 0.717) is 26.0 Å². The summed E-state index contributed by atoms with van der Waals surface area (Å²) in [6.07, 6.45) is 0.870. The molecule has 0 bridgehead atoms. The predicted molar refractivity (Wildman–Crippen MR) is 122 cm³/mol. The Morgan fingerprint density at radius 2 is 1.58 bits per heavy atom. The topological polar surface area (TPSA) is 67.9 Å². The van der Waals surface area contributed by atoms with Gasteiger partial charge in [-0.15, -0.1) is 0 Å². The van der Waals surface area contributed by atoms with E-state index >= 15 is 0 Å². The monoisotopic (exact) mass is 426 g/mol. The second-order valence-electron chi connectivity index (χ2n) is 7.97. The molecule has 6 nitrogen and oxygen atoms in total. The van der Waals surface area contributed by atoms with Crippen LogP contribution >= 0.6 is 0 Å². The van der Waals surface area contributed by atoms with Gasteiger partial charge >= 0.3 is 0 Å². The molecular formula is C25H34N2O4. The first kappa shape index (κ1) is 24.3. The minimum absolute atomic E-state index is 0.0178. The predicted octanol–water partition coefficient (Wildman–Crippen LogP) is 4.10. The summed E-state index contributed by atoms with van der Waals surface area (Å²) in [5.74, 6) is 1.28. The maximum Gasteiger partial charge on any atom is 0.242 e. The number of aryl methyl sites for hydroxylation is 1. The number of carbonyl (C=O) groups excluding carboxylic acids is 2. The SMILES string of the molecule is COc1ccc(OCCCC(=O)N(Cc2ccc(C)cc2)[C@@H](C)C(=O)NC(C)C)cc1. The zero-order valence-electron chi connectivity index (χ0n) is 19.2. The van der Waals surface area contributed by atoms with Crippen LogP contribution in [-0.2, 0) is 16.1 Å². The van der Waals surface area contributed by atoms with E-state index in [1.165, 1.54) is 0 Å². The number of rotatable bonds is 11. The first-order valence-electron chi connectivity index (χ1n) is 10.7. The number of ether oxygens (including phenoxy) is 2. The Kier molecular flexibility index (Phi) is 9.38. The van der Waals surface area contributed by atoms with Crippen LogP contribution < -0.4 is 14.8 Å². The Bertz CT molecular complexity index is 832. The van der Waals surface area contributed by atoms with E-state index in [4.69, 9.17) is 9.47 Å². The fourth-order valence-corrected chi connectivity index (χ4v) is 3.11. The summed E-state index contributed by atoms with van der Waals surface area (Å²) in [6, 6.07) is 14.8. The summed E-state index contributed by atoms with van der Waals surface area (Å²) < 4.78 is 10.9. The van der Waals surface area contributed by atoms with Gasteiger partial charge in [0.1, 0.15) is 17.5 Å². The first-order valence-corrected chi connectivity index (χ1v) is 10.7. The van der Waals surface area contributed by atoms with Crippen molar-refractivity contribution < 1.29 is 19.1 Å². The van der Waals surface area contributed by atoms with Gasteiger partial charge in [0.05, 0.1) is 13.7 Å². The van der Waals surface area contributed by atoms with Gasteiger partial charge in [0.25, 0.3) is 0 Å². The number of hydrogen-bond acceptors (Lipinski definition) is 4. The van der Waals surface area contributed by atoms with Gasteiger partial charge in [-0.3, -0.25) is 9.59 Å². The van der Waals surface area contributed by atoms with Crippen LogP contribution in [0.4, 0.5) is 0 Å². The highest BCUT2D eigenvalue weighted by Gasteiger charge is 2.26. The molecule has 0 saturated carbocycles. The molecule has 0 aliphatic rings. The molecule has 2 rings (SSSR count). The summed E-state index contributed by atoms with van der Waals surface area (Å²) in [7, 11) is 1.62. The molecule has 0 fully saturated rings. The second kappa shape index (κ2) is 12.0. The van der Waals surface area contributed by atoms with Gasteiger partial charge in [-0.05, 0) is 63.9 Å². The lowest BCUT2D eigenvalue weighted by Gasteiger charge is -2.29. The standard InChI is InChI=1S/C25H34N2O4/c1-18(2)26-25(29)20(4)27(17-21-10-8-19(3)9-11-21)24(28)7-6-16-31-23-14-12-22(30-5)13-15-23/h8-15,18,20H,6-7,16-17H2,1-5H3,(H,26,29)/t20-/m0/s1. The van der Waals surface area contributed by atoms with Gasteiger partial charge in [0.2, 0.25) is 11.8 Å². The Balaban J connectivity index is 1.97. The van der Waals surface area contributed by atoms with Crippen LogP contribution in [0, 0.1) is 6.92 Å². The van der Waals surface area contributed by atoms with Crippen LogP contribution in [0.15, 0.2) is 48.5 Å². The third-order valence-corrected chi connectivity index (χ3v) is 4.93. The van der Waals surface area contributed by atoms with Crippen LogP contribution in [-0.4, -0.2) is 42.5 Å². The molecule has 2 aromatic carbocycles. The summed E-state index contributed by atoms with van der Waals surface area (Å²) >= 11 is 0. The lowest BCUT2D eigenvalue weighted by atomic mass is 10.1. The van der Waals surface area contributed by atoms with Gasteiger partial charge in [0, 0.05) is 19.0 Å². The molecule has 2 aromatic rings. The van der Waals surface area contributed by atoms with E-state index in [2.05, 4.69) is 5.32 Å². The number of benzene rings is 2. The maximum atomic E-state index is 13.0. The summed E-state index contributed by atoms with van der Waals surface area (Å²) in [5.41, 5.74) is 2.15. The number of nitrogens with zero attached hydrogens (tertiary/aromatic N) is 1. The molecular weight excluding hydrogens is 392 g/mol. The minimum Gasteiger partial charge on any atom is -0.497 e. The van der Waals surface area contributed by atoms with E-state index in [-0.39, 0.29) is 17.9 Å². The van der Waals surface area contributed by atoms with Gasteiger partial charge < -0.3 is 19.7 Å². The van der Waals surface area contributed by atoms with Crippen LogP contribution in [0.1, 0.15) is 44.7 Å². The fourth-order valence-electron chi connectivity index (χ4n) is 3.11. The van der Waals surface area contributed by atoms with Crippen molar-refractivity contribution in [3.8, 4) is 11.5 Å². The van der Waals surface area contributed by atoms with Crippen molar-refractivity contribution in [2.75, 3.05) is 13.7 Å². The van der Waals surface area contributed by atoms with Crippen LogP contribution in [0.3, 0.4) is 0 Å². The zero-order valence-corrected chi connectivity index (χ0v) is 19.2. The first-order chi connectivity index (χ1) is 14.8. The third-order valence-electron chi connectivity index (χ3n) is 4.93. The summed E-state index contributed by atoms with van der Waals surface area (Å²) in [5, 5.41) is 2.90. The molecule has 1 atom stereocenters. The third kappa shape index (κ3) is 7.96. The Morgan fingerprint density at radius 1 is 0.968 bits per heavy atom. The molecule has 0 aromatic heterocycles. The highest BCUT2D eigenvalue weighted by Crippen LogP contribution is 2.18. The molecule has 0 aliphatic carbocycles. The Labute approximate surface area is 185 Å². The van der Waals surface area contributed by atoms with Crippen LogP contribution in [0.5, 0.6) is 11.5 Å². The summed E-state index contributed by atoms with van der Waals surface area (Å²) in [6.45, 7) is 8.43.